The average molecular weight is 274 g/mol. The summed E-state index contributed by atoms with van der Waals surface area (Å²) in [6.07, 6.45) is 7.15. The number of hydrogen-bond acceptors (Lipinski definition) is 3. The molecule has 1 aliphatic heterocycles. The molecule has 0 bridgehead atoms. The van der Waals surface area contributed by atoms with Gasteiger partial charge in [0.15, 0.2) is 0 Å². The Balaban J connectivity index is 1.63. The van der Waals surface area contributed by atoms with Crippen molar-refractivity contribution in [1.82, 2.24) is 4.90 Å². The summed E-state index contributed by atoms with van der Waals surface area (Å²) in [5.41, 5.74) is 8.23. The van der Waals surface area contributed by atoms with Gasteiger partial charge >= 0.3 is 0 Å². The fourth-order valence-electron chi connectivity index (χ4n) is 3.90. The Labute approximate surface area is 122 Å². The van der Waals surface area contributed by atoms with E-state index in [1.807, 2.05) is 12.1 Å². The zero-order chi connectivity index (χ0) is 13.9. The highest BCUT2D eigenvalue weighted by atomic mass is 16.5. The number of ether oxygens (including phenoxy) is 1. The Morgan fingerprint density at radius 1 is 1.20 bits per heavy atom. The van der Waals surface area contributed by atoms with Gasteiger partial charge in [-0.2, -0.15) is 0 Å². The van der Waals surface area contributed by atoms with E-state index in [1.54, 1.807) is 7.11 Å². The van der Waals surface area contributed by atoms with Crippen molar-refractivity contribution >= 4 is 5.69 Å². The Hall–Kier alpha value is -1.22. The van der Waals surface area contributed by atoms with Crippen molar-refractivity contribution in [2.24, 2.45) is 11.8 Å². The fraction of sp³-hybridized carbons (Fsp3) is 0.647. The van der Waals surface area contributed by atoms with Crippen LogP contribution in [0.15, 0.2) is 18.2 Å². The lowest BCUT2D eigenvalue weighted by atomic mass is 9.75. The number of nitrogens with two attached hydrogens (primary N) is 1. The van der Waals surface area contributed by atoms with Crippen molar-refractivity contribution in [2.45, 2.75) is 38.6 Å². The summed E-state index contributed by atoms with van der Waals surface area (Å²) in [5.74, 6) is 2.77. The van der Waals surface area contributed by atoms with Crippen LogP contribution in [0.4, 0.5) is 5.69 Å². The second-order valence-corrected chi connectivity index (χ2v) is 6.39. The first-order valence-electron chi connectivity index (χ1n) is 7.91. The van der Waals surface area contributed by atoms with Gasteiger partial charge < -0.3 is 10.5 Å². The molecule has 1 heterocycles. The van der Waals surface area contributed by atoms with Gasteiger partial charge in [-0.3, -0.25) is 4.90 Å². The number of anilines is 1. The molecule has 0 spiro atoms. The lowest BCUT2D eigenvalue weighted by Crippen LogP contribution is -2.41. The molecule has 0 aromatic heterocycles. The molecule has 1 aromatic carbocycles. The molecule has 0 amide bonds. The number of benzene rings is 1. The van der Waals surface area contributed by atoms with Crippen molar-refractivity contribution < 1.29 is 4.74 Å². The van der Waals surface area contributed by atoms with Crippen molar-refractivity contribution in [1.29, 1.82) is 0 Å². The van der Waals surface area contributed by atoms with Crippen LogP contribution in [0.1, 0.15) is 37.7 Å². The van der Waals surface area contributed by atoms with Gasteiger partial charge in [-0.25, -0.2) is 0 Å². The van der Waals surface area contributed by atoms with Crippen molar-refractivity contribution in [3.63, 3.8) is 0 Å². The van der Waals surface area contributed by atoms with Crippen molar-refractivity contribution in [3.8, 4) is 5.75 Å². The van der Waals surface area contributed by atoms with Crippen LogP contribution in [-0.4, -0.2) is 25.1 Å². The number of piperidine rings is 1. The van der Waals surface area contributed by atoms with E-state index in [1.165, 1.54) is 50.8 Å². The highest BCUT2D eigenvalue weighted by Crippen LogP contribution is 2.36. The summed E-state index contributed by atoms with van der Waals surface area (Å²) in [4.78, 5) is 2.59. The smallest absolute Gasteiger partial charge is 0.120 e. The van der Waals surface area contributed by atoms with Gasteiger partial charge in [-0.1, -0.05) is 25.3 Å². The molecule has 2 atom stereocenters. The number of methoxy groups -OCH3 is 1. The van der Waals surface area contributed by atoms with Gasteiger partial charge in [0.05, 0.1) is 7.11 Å². The summed E-state index contributed by atoms with van der Waals surface area (Å²) in [5, 5.41) is 0. The Morgan fingerprint density at radius 3 is 2.75 bits per heavy atom. The van der Waals surface area contributed by atoms with Gasteiger partial charge in [0.2, 0.25) is 0 Å². The molecule has 3 heteroatoms. The average Bonchev–Trinajstić information content (AvgIpc) is 2.49. The van der Waals surface area contributed by atoms with Crippen LogP contribution in [0.25, 0.3) is 0 Å². The molecule has 1 saturated carbocycles. The zero-order valence-electron chi connectivity index (χ0n) is 12.5. The van der Waals surface area contributed by atoms with Crippen LogP contribution in [0.5, 0.6) is 5.75 Å². The quantitative estimate of drug-likeness (QED) is 0.860. The van der Waals surface area contributed by atoms with Crippen LogP contribution in [0, 0.1) is 11.8 Å². The van der Waals surface area contributed by atoms with E-state index in [0.717, 1.165) is 29.8 Å². The summed E-state index contributed by atoms with van der Waals surface area (Å²) < 4.78 is 5.22. The van der Waals surface area contributed by atoms with Crippen LogP contribution in [0.2, 0.25) is 0 Å². The van der Waals surface area contributed by atoms with Gasteiger partial charge in [0.1, 0.15) is 5.75 Å². The Kier molecular flexibility index (Phi) is 4.16. The first-order valence-corrected chi connectivity index (χ1v) is 7.91. The summed E-state index contributed by atoms with van der Waals surface area (Å²) >= 11 is 0. The summed E-state index contributed by atoms with van der Waals surface area (Å²) in [6.45, 7) is 3.47. The highest BCUT2D eigenvalue weighted by molar-refractivity contribution is 5.51. The van der Waals surface area contributed by atoms with E-state index in [0.29, 0.717) is 0 Å². The molecule has 2 fully saturated rings. The molecule has 2 unspecified atom stereocenters. The van der Waals surface area contributed by atoms with Crippen LogP contribution in [-0.2, 0) is 6.54 Å². The Morgan fingerprint density at radius 2 is 2.00 bits per heavy atom. The van der Waals surface area contributed by atoms with Crippen LogP contribution >= 0.6 is 0 Å². The molecule has 2 N–H and O–H groups in total. The molecule has 3 nitrogen and oxygen atoms in total. The van der Waals surface area contributed by atoms with Gasteiger partial charge in [-0.05, 0) is 42.9 Å². The normalized spacial score (nSPS) is 27.1. The maximum atomic E-state index is 6.14. The second-order valence-electron chi connectivity index (χ2n) is 6.39. The highest BCUT2D eigenvalue weighted by Gasteiger charge is 2.31. The van der Waals surface area contributed by atoms with E-state index < -0.39 is 0 Å². The third kappa shape index (κ3) is 2.93. The Bertz CT molecular complexity index is 460. The number of hydrogen-bond donors (Lipinski definition) is 1. The predicted molar refractivity (Wildman–Crippen MR) is 82.7 cm³/mol. The van der Waals surface area contributed by atoms with Crippen LogP contribution < -0.4 is 10.5 Å². The van der Waals surface area contributed by atoms with Crippen molar-refractivity contribution in [3.05, 3.63) is 23.8 Å². The second kappa shape index (κ2) is 6.04. The number of likely N-dealkylation sites (tertiary alicyclic amines) is 1. The van der Waals surface area contributed by atoms with E-state index in [4.69, 9.17) is 10.5 Å². The molecule has 110 valence electrons. The molecule has 20 heavy (non-hydrogen) atoms. The van der Waals surface area contributed by atoms with E-state index in [2.05, 4.69) is 11.0 Å². The first-order chi connectivity index (χ1) is 9.76. The molecular formula is C17H26N2O. The molecule has 0 radical (unpaired) electrons. The van der Waals surface area contributed by atoms with E-state index >= 15 is 0 Å². The third-order valence-corrected chi connectivity index (χ3v) is 5.12. The number of fused-ring (bicyclic) bond motifs is 1. The van der Waals surface area contributed by atoms with Crippen molar-refractivity contribution in [2.75, 3.05) is 25.9 Å². The van der Waals surface area contributed by atoms with Gasteiger partial charge in [-0.15, -0.1) is 0 Å². The number of nitrogen functional groups attached to an aromatic ring is 1. The maximum absolute atomic E-state index is 6.14. The number of nitrogens with zero attached hydrogens (tertiary/aromatic N) is 1. The van der Waals surface area contributed by atoms with Gasteiger partial charge in [0.25, 0.3) is 0 Å². The minimum Gasteiger partial charge on any atom is -0.497 e. The topological polar surface area (TPSA) is 38.5 Å². The largest absolute Gasteiger partial charge is 0.497 e. The summed E-state index contributed by atoms with van der Waals surface area (Å²) in [6, 6.07) is 6.06. The molecule has 2 aliphatic rings. The zero-order valence-corrected chi connectivity index (χ0v) is 12.5. The number of rotatable bonds is 3. The molecular weight excluding hydrogens is 248 g/mol. The standard InChI is InChI=1S/C17H26N2O/c1-20-16-7-6-15(17(18)10-16)12-19-9-8-13-4-2-3-5-14(13)11-19/h6-7,10,13-14H,2-5,8-9,11-12,18H2,1H3. The predicted octanol–water partition coefficient (Wildman–Crippen LogP) is 3.29. The van der Waals surface area contributed by atoms with E-state index in [-0.39, 0.29) is 0 Å². The monoisotopic (exact) mass is 274 g/mol. The molecule has 1 aromatic rings. The van der Waals surface area contributed by atoms with Gasteiger partial charge in [0, 0.05) is 24.8 Å². The molecule has 1 saturated heterocycles. The lowest BCUT2D eigenvalue weighted by molar-refractivity contribution is 0.0822. The van der Waals surface area contributed by atoms with E-state index in [9.17, 15) is 0 Å². The summed E-state index contributed by atoms with van der Waals surface area (Å²) in [7, 11) is 1.68. The molecule has 3 rings (SSSR count). The SMILES string of the molecule is COc1ccc(CN2CCC3CCCCC3C2)c(N)c1. The fourth-order valence-corrected chi connectivity index (χ4v) is 3.90. The van der Waals surface area contributed by atoms with Crippen LogP contribution in [0.3, 0.4) is 0 Å². The maximum Gasteiger partial charge on any atom is 0.120 e. The first kappa shape index (κ1) is 13.7. The molecule has 1 aliphatic carbocycles. The minimum atomic E-state index is 0.845. The third-order valence-electron chi connectivity index (χ3n) is 5.12. The minimum absolute atomic E-state index is 0.845. The lowest BCUT2D eigenvalue weighted by Gasteiger charge is -2.41.